The summed E-state index contributed by atoms with van der Waals surface area (Å²) in [6.07, 6.45) is 5.89. The normalized spacial score (nSPS) is 17.7. The highest BCUT2D eigenvalue weighted by Gasteiger charge is 2.17. The van der Waals surface area contributed by atoms with Gasteiger partial charge in [0, 0.05) is 12.1 Å². The molecule has 3 N–H and O–H groups in total. The molecule has 0 aliphatic heterocycles. The third-order valence-corrected chi connectivity index (χ3v) is 3.48. The summed E-state index contributed by atoms with van der Waals surface area (Å²) in [5, 5.41) is 15.9. The molecule has 2 rings (SSSR count). The standard InChI is InChI=1S/C16H22N2O2/c1-12(11-15(19)13-7-3-2-4-8-13)17-16(20)18-14-9-5-6-10-14/h2-8,12,14-15,19H,9-11H2,1H3,(H2,17,18,20). The Hall–Kier alpha value is -1.81. The number of aliphatic hydroxyl groups excluding tert-OH is 1. The average Bonchev–Trinajstić information content (AvgIpc) is 2.92. The van der Waals surface area contributed by atoms with Crippen molar-refractivity contribution < 1.29 is 9.90 Å². The van der Waals surface area contributed by atoms with Crippen LogP contribution in [0.1, 0.15) is 37.9 Å². The number of rotatable bonds is 5. The zero-order valence-electron chi connectivity index (χ0n) is 11.8. The van der Waals surface area contributed by atoms with Crippen molar-refractivity contribution in [3.8, 4) is 0 Å². The Morgan fingerprint density at radius 3 is 2.60 bits per heavy atom. The molecule has 4 nitrogen and oxygen atoms in total. The molecule has 1 aliphatic carbocycles. The number of benzene rings is 1. The van der Waals surface area contributed by atoms with E-state index in [4.69, 9.17) is 0 Å². The molecule has 0 spiro atoms. The van der Waals surface area contributed by atoms with Crippen LogP contribution < -0.4 is 10.6 Å². The summed E-state index contributed by atoms with van der Waals surface area (Å²) in [4.78, 5) is 11.8. The second kappa shape index (κ2) is 7.10. The van der Waals surface area contributed by atoms with E-state index in [1.807, 2.05) is 37.3 Å². The smallest absolute Gasteiger partial charge is 0.315 e. The van der Waals surface area contributed by atoms with E-state index in [9.17, 15) is 9.90 Å². The van der Waals surface area contributed by atoms with E-state index in [0.29, 0.717) is 6.42 Å². The van der Waals surface area contributed by atoms with Crippen molar-refractivity contribution >= 4 is 6.03 Å². The van der Waals surface area contributed by atoms with Gasteiger partial charge in [0.05, 0.1) is 6.10 Å². The molecular weight excluding hydrogens is 252 g/mol. The number of carbonyl (C=O) groups is 1. The summed E-state index contributed by atoms with van der Waals surface area (Å²) < 4.78 is 0. The number of nitrogens with one attached hydrogen (secondary N) is 2. The number of aliphatic hydroxyl groups is 1. The van der Waals surface area contributed by atoms with Crippen molar-refractivity contribution in [3.05, 3.63) is 48.0 Å². The van der Waals surface area contributed by atoms with E-state index >= 15 is 0 Å². The molecule has 2 unspecified atom stereocenters. The van der Waals surface area contributed by atoms with Gasteiger partial charge in [-0.15, -0.1) is 0 Å². The minimum atomic E-state index is -0.556. The van der Waals surface area contributed by atoms with Crippen LogP contribution in [0.15, 0.2) is 42.5 Å². The minimum absolute atomic E-state index is 0.0837. The Labute approximate surface area is 119 Å². The average molecular weight is 274 g/mol. The van der Waals surface area contributed by atoms with E-state index in [2.05, 4.69) is 22.8 Å². The Kier molecular flexibility index (Phi) is 5.18. The molecule has 0 fully saturated rings. The van der Waals surface area contributed by atoms with Crippen LogP contribution in [0.3, 0.4) is 0 Å². The van der Waals surface area contributed by atoms with Crippen molar-refractivity contribution in [2.45, 2.75) is 44.4 Å². The van der Waals surface area contributed by atoms with E-state index in [1.54, 1.807) is 0 Å². The summed E-state index contributed by atoms with van der Waals surface area (Å²) in [5.41, 5.74) is 0.876. The maximum Gasteiger partial charge on any atom is 0.315 e. The fraction of sp³-hybridized carbons (Fsp3) is 0.438. The zero-order chi connectivity index (χ0) is 14.4. The fourth-order valence-corrected chi connectivity index (χ4v) is 2.39. The topological polar surface area (TPSA) is 61.4 Å². The van der Waals surface area contributed by atoms with Crippen molar-refractivity contribution in [1.82, 2.24) is 10.6 Å². The summed E-state index contributed by atoms with van der Waals surface area (Å²) >= 11 is 0. The minimum Gasteiger partial charge on any atom is -0.388 e. The number of amides is 2. The number of carbonyl (C=O) groups excluding carboxylic acids is 1. The van der Waals surface area contributed by atoms with Crippen LogP contribution in [0.25, 0.3) is 0 Å². The largest absolute Gasteiger partial charge is 0.388 e. The van der Waals surface area contributed by atoms with Crippen LogP contribution >= 0.6 is 0 Å². The third-order valence-electron chi connectivity index (χ3n) is 3.48. The van der Waals surface area contributed by atoms with Gasteiger partial charge in [0.15, 0.2) is 0 Å². The van der Waals surface area contributed by atoms with Gasteiger partial charge in [-0.2, -0.15) is 0 Å². The molecule has 2 amide bonds. The van der Waals surface area contributed by atoms with E-state index < -0.39 is 6.10 Å². The van der Waals surface area contributed by atoms with Gasteiger partial charge in [0.2, 0.25) is 0 Å². The lowest BCUT2D eigenvalue weighted by Gasteiger charge is -2.20. The molecule has 0 saturated heterocycles. The molecule has 108 valence electrons. The molecule has 0 radical (unpaired) electrons. The lowest BCUT2D eigenvalue weighted by Crippen LogP contribution is -2.45. The molecule has 1 aliphatic rings. The first kappa shape index (κ1) is 14.6. The highest BCUT2D eigenvalue weighted by atomic mass is 16.3. The van der Waals surface area contributed by atoms with E-state index in [0.717, 1.165) is 18.4 Å². The lowest BCUT2D eigenvalue weighted by atomic mass is 10.0. The van der Waals surface area contributed by atoms with E-state index in [1.165, 1.54) is 0 Å². The van der Waals surface area contributed by atoms with Gasteiger partial charge >= 0.3 is 6.03 Å². The third kappa shape index (κ3) is 4.38. The SMILES string of the molecule is CC(CC(O)c1ccccc1)NC(=O)NC1CC=CC1. The van der Waals surface area contributed by atoms with E-state index in [-0.39, 0.29) is 18.1 Å². The van der Waals surface area contributed by atoms with Gasteiger partial charge in [-0.25, -0.2) is 4.79 Å². The van der Waals surface area contributed by atoms with Crippen molar-refractivity contribution in [1.29, 1.82) is 0 Å². The van der Waals surface area contributed by atoms with Gasteiger partial charge in [0.25, 0.3) is 0 Å². The molecular formula is C16H22N2O2. The van der Waals surface area contributed by atoms with Crippen LogP contribution in [0.2, 0.25) is 0 Å². The number of hydrogen-bond acceptors (Lipinski definition) is 2. The molecule has 0 bridgehead atoms. The molecule has 0 saturated carbocycles. The lowest BCUT2D eigenvalue weighted by molar-refractivity contribution is 0.154. The number of hydrogen-bond donors (Lipinski definition) is 3. The highest BCUT2D eigenvalue weighted by Crippen LogP contribution is 2.17. The number of urea groups is 1. The van der Waals surface area contributed by atoms with Crippen molar-refractivity contribution in [2.75, 3.05) is 0 Å². The molecule has 0 heterocycles. The summed E-state index contributed by atoms with van der Waals surface area (Å²) in [7, 11) is 0. The van der Waals surface area contributed by atoms with Crippen molar-refractivity contribution in [3.63, 3.8) is 0 Å². The summed E-state index contributed by atoms with van der Waals surface area (Å²) in [5.74, 6) is 0. The Morgan fingerprint density at radius 1 is 1.30 bits per heavy atom. The van der Waals surface area contributed by atoms with Crippen LogP contribution in [0, 0.1) is 0 Å². The second-order valence-electron chi connectivity index (χ2n) is 5.32. The fourth-order valence-electron chi connectivity index (χ4n) is 2.39. The van der Waals surface area contributed by atoms with Gasteiger partial charge < -0.3 is 15.7 Å². The van der Waals surface area contributed by atoms with Gasteiger partial charge in [-0.1, -0.05) is 42.5 Å². The molecule has 1 aromatic rings. The maximum atomic E-state index is 11.8. The zero-order valence-corrected chi connectivity index (χ0v) is 11.8. The Morgan fingerprint density at radius 2 is 1.95 bits per heavy atom. The first-order chi connectivity index (χ1) is 9.65. The second-order valence-corrected chi connectivity index (χ2v) is 5.32. The molecule has 2 atom stereocenters. The predicted molar refractivity (Wildman–Crippen MR) is 79.3 cm³/mol. The monoisotopic (exact) mass is 274 g/mol. The first-order valence-electron chi connectivity index (χ1n) is 7.10. The van der Waals surface area contributed by atoms with Gasteiger partial charge in [-0.3, -0.25) is 0 Å². The summed E-state index contributed by atoms with van der Waals surface area (Å²) in [6, 6.07) is 9.46. The maximum absolute atomic E-state index is 11.8. The van der Waals surface area contributed by atoms with Crippen LogP contribution in [-0.2, 0) is 0 Å². The van der Waals surface area contributed by atoms with Gasteiger partial charge in [-0.05, 0) is 31.7 Å². The van der Waals surface area contributed by atoms with Crippen molar-refractivity contribution in [2.24, 2.45) is 0 Å². The molecule has 0 aromatic heterocycles. The first-order valence-corrected chi connectivity index (χ1v) is 7.10. The summed E-state index contributed by atoms with van der Waals surface area (Å²) in [6.45, 7) is 1.90. The Bertz CT molecular complexity index is 451. The van der Waals surface area contributed by atoms with Crippen LogP contribution in [0.4, 0.5) is 4.79 Å². The highest BCUT2D eigenvalue weighted by molar-refractivity contribution is 5.74. The quantitative estimate of drug-likeness (QED) is 0.722. The predicted octanol–water partition coefficient (Wildman–Crippen LogP) is 2.52. The molecule has 20 heavy (non-hydrogen) atoms. The molecule has 4 heteroatoms. The van der Waals surface area contributed by atoms with Crippen LogP contribution in [-0.4, -0.2) is 23.2 Å². The van der Waals surface area contributed by atoms with Crippen LogP contribution in [0.5, 0.6) is 0 Å². The van der Waals surface area contributed by atoms with Gasteiger partial charge in [0.1, 0.15) is 0 Å². The Balaban J connectivity index is 1.74. The molecule has 1 aromatic carbocycles.